The third-order valence-electron chi connectivity index (χ3n) is 13.1. The van der Waals surface area contributed by atoms with Crippen LogP contribution in [0.15, 0.2) is 0 Å². The smallest absolute Gasteiger partial charge is 0.242 e. The monoisotopic (exact) mass is 959 g/mol. The Bertz CT molecular complexity index is 1310. The maximum absolute atomic E-state index is 13.4. The minimum absolute atomic E-state index is 0.0230. The van der Waals surface area contributed by atoms with Crippen LogP contribution in [0.1, 0.15) is 175 Å². The van der Waals surface area contributed by atoms with Gasteiger partial charge in [0.1, 0.15) is 36.6 Å². The van der Waals surface area contributed by atoms with Gasteiger partial charge in [-0.05, 0) is 19.3 Å². The second kappa shape index (κ2) is 37.4. The van der Waals surface area contributed by atoms with Gasteiger partial charge in [-0.3, -0.25) is 19.2 Å². The largest absolute Gasteiger partial charge is 0.390 e. The summed E-state index contributed by atoms with van der Waals surface area (Å²) in [7, 11) is 5.74. The molecule has 2 heterocycles. The van der Waals surface area contributed by atoms with Crippen LogP contribution in [-0.4, -0.2) is 150 Å². The fourth-order valence-corrected chi connectivity index (χ4v) is 8.82. The average Bonchev–Trinajstić information content (AvgIpc) is 3.32. The molecule has 4 unspecified atom stereocenters. The molecule has 2 aliphatic heterocycles. The maximum Gasteiger partial charge on any atom is 0.242 e. The number of nitrogens with one attached hydrogen (secondary N) is 4. The molecule has 0 spiro atoms. The first-order valence-corrected chi connectivity index (χ1v) is 26.0. The van der Waals surface area contributed by atoms with Crippen molar-refractivity contribution in [2.45, 2.75) is 236 Å². The van der Waals surface area contributed by atoms with Gasteiger partial charge in [0.05, 0.1) is 18.8 Å². The molecule has 0 saturated carbocycles. The third-order valence-corrected chi connectivity index (χ3v) is 13.1. The summed E-state index contributed by atoms with van der Waals surface area (Å²) < 4.78 is 40.2. The van der Waals surface area contributed by atoms with Crippen molar-refractivity contribution in [3.05, 3.63) is 0 Å². The van der Waals surface area contributed by atoms with Crippen molar-refractivity contribution < 1.29 is 62.5 Å². The highest BCUT2D eigenvalue weighted by atomic mass is 16.7. The number of rotatable bonds is 39. The summed E-state index contributed by atoms with van der Waals surface area (Å²) >= 11 is 0. The van der Waals surface area contributed by atoms with Crippen LogP contribution < -0.4 is 21.3 Å². The van der Waals surface area contributed by atoms with Gasteiger partial charge in [0, 0.05) is 73.3 Å². The van der Waals surface area contributed by atoms with E-state index >= 15 is 0 Å². The molecule has 2 rings (SSSR count). The van der Waals surface area contributed by atoms with E-state index < -0.39 is 79.1 Å². The molecular weight excluding hydrogens is 865 g/mol. The predicted octanol–water partition coefficient (Wildman–Crippen LogP) is 5.74. The summed E-state index contributed by atoms with van der Waals surface area (Å²) in [6, 6.07) is -0.929. The van der Waals surface area contributed by atoms with Crippen molar-refractivity contribution in [1.29, 1.82) is 0 Å². The molecule has 2 fully saturated rings. The summed E-state index contributed by atoms with van der Waals surface area (Å²) in [6.45, 7) is 7.29. The second-order valence-corrected chi connectivity index (χ2v) is 18.6. The van der Waals surface area contributed by atoms with E-state index in [9.17, 15) is 29.4 Å². The van der Waals surface area contributed by atoms with Gasteiger partial charge in [-0.15, -0.1) is 0 Å². The molecule has 392 valence electrons. The van der Waals surface area contributed by atoms with Crippen LogP contribution in [-0.2, 0) is 52.3 Å². The van der Waals surface area contributed by atoms with E-state index in [-0.39, 0.29) is 50.6 Å². The van der Waals surface area contributed by atoms with Crippen molar-refractivity contribution in [1.82, 2.24) is 21.3 Å². The van der Waals surface area contributed by atoms with Crippen LogP contribution in [0, 0.1) is 5.92 Å². The third kappa shape index (κ3) is 24.3. The van der Waals surface area contributed by atoms with Gasteiger partial charge in [-0.2, -0.15) is 0 Å². The van der Waals surface area contributed by atoms with E-state index in [1.54, 1.807) is 6.92 Å². The van der Waals surface area contributed by atoms with Crippen LogP contribution in [0.3, 0.4) is 0 Å². The van der Waals surface area contributed by atoms with Crippen LogP contribution in [0.4, 0.5) is 0 Å². The molecule has 67 heavy (non-hydrogen) atoms. The number of carbonyl (C=O) groups excluding carboxylic acids is 4. The zero-order valence-corrected chi connectivity index (χ0v) is 42.5. The molecule has 2 saturated heterocycles. The summed E-state index contributed by atoms with van der Waals surface area (Å²) in [5, 5.41) is 34.0. The lowest BCUT2D eigenvalue weighted by molar-refractivity contribution is -0.355. The van der Waals surface area contributed by atoms with Crippen molar-refractivity contribution in [3.63, 3.8) is 0 Å². The lowest BCUT2D eigenvalue weighted by Gasteiger charge is -2.47. The molecule has 0 aliphatic carbocycles. The quantitative estimate of drug-likeness (QED) is 0.0406. The molecule has 6 N–H and O–H groups in total. The Labute approximate surface area is 403 Å². The highest BCUT2D eigenvalue weighted by molar-refractivity contribution is 5.89. The highest BCUT2D eigenvalue weighted by Gasteiger charge is 2.51. The number of hydrogen-bond acceptors (Lipinski definition) is 13. The van der Waals surface area contributed by atoms with Crippen LogP contribution in [0.5, 0.6) is 0 Å². The minimum Gasteiger partial charge on any atom is -0.390 e. The molecule has 17 nitrogen and oxygen atoms in total. The van der Waals surface area contributed by atoms with Crippen molar-refractivity contribution in [2.75, 3.05) is 54.7 Å². The van der Waals surface area contributed by atoms with Gasteiger partial charge >= 0.3 is 0 Å². The Kier molecular flexibility index (Phi) is 33.8. The fourth-order valence-electron chi connectivity index (χ4n) is 8.82. The number of hydrogen-bond donors (Lipinski definition) is 6. The zero-order chi connectivity index (χ0) is 49.2. The Morgan fingerprint density at radius 1 is 0.537 bits per heavy atom. The van der Waals surface area contributed by atoms with E-state index in [0.717, 1.165) is 38.5 Å². The van der Waals surface area contributed by atoms with Gasteiger partial charge in [-0.1, -0.05) is 136 Å². The molecule has 0 radical (unpaired) electrons. The van der Waals surface area contributed by atoms with E-state index in [2.05, 4.69) is 35.1 Å². The van der Waals surface area contributed by atoms with Gasteiger partial charge < -0.3 is 64.6 Å². The number of carbonyl (C=O) groups is 4. The first kappa shape index (κ1) is 60.6. The van der Waals surface area contributed by atoms with E-state index in [4.69, 9.17) is 33.2 Å². The number of amides is 4. The zero-order valence-electron chi connectivity index (χ0n) is 42.5. The minimum atomic E-state index is -1.22. The van der Waals surface area contributed by atoms with Crippen molar-refractivity contribution in [2.24, 2.45) is 5.92 Å². The summed E-state index contributed by atoms with van der Waals surface area (Å²) in [5.41, 5.74) is 0. The van der Waals surface area contributed by atoms with Gasteiger partial charge in [0.25, 0.3) is 0 Å². The standard InChI is InChI=1S/C50H94N4O13/c1-8-10-12-14-16-18-20-22-24-26-32-51-40(55)29-28-37(48(60)52-33-27-25-23-21-19-17-15-13-11-9-2)54-42(57)31-30-41(56)53-34-38-36(3)43(58)46(62-5)50(65-38)67-45-39(35-61-4)66-49(64-7)47(63-6)44(45)59/h36-39,43-47,49-50,58-59H,8-35H2,1-7H3,(H,51,55)(H,52,60)(H,53,56)(H,54,57)/t36-,37-,38?,39?,43-,44-,45-,46?,47?,49+,50-/m0/s1. The molecule has 17 heteroatoms. The molecule has 0 aromatic carbocycles. The summed E-state index contributed by atoms with van der Waals surface area (Å²) in [4.78, 5) is 52.5. The van der Waals surface area contributed by atoms with Crippen LogP contribution >= 0.6 is 0 Å². The number of aliphatic hydroxyl groups is 2. The van der Waals surface area contributed by atoms with Crippen molar-refractivity contribution in [3.8, 4) is 0 Å². The molecule has 0 aromatic heterocycles. The first-order valence-electron chi connectivity index (χ1n) is 26.0. The molecule has 0 bridgehead atoms. The molecule has 4 amide bonds. The topological polar surface area (TPSA) is 221 Å². The lowest BCUT2D eigenvalue weighted by atomic mass is 9.90. The fraction of sp³-hybridized carbons (Fsp3) is 0.920. The van der Waals surface area contributed by atoms with E-state index in [1.807, 2.05) is 0 Å². The normalized spacial score (nSPS) is 25.6. The van der Waals surface area contributed by atoms with Gasteiger partial charge in [-0.25, -0.2) is 0 Å². The van der Waals surface area contributed by atoms with Crippen LogP contribution in [0.25, 0.3) is 0 Å². The average molecular weight is 959 g/mol. The Hall–Kier alpha value is -2.48. The highest BCUT2D eigenvalue weighted by Crippen LogP contribution is 2.33. The number of unbranched alkanes of at least 4 members (excludes halogenated alkanes) is 18. The Morgan fingerprint density at radius 2 is 1.01 bits per heavy atom. The molecular formula is C50H94N4O13. The maximum atomic E-state index is 13.4. The first-order chi connectivity index (χ1) is 32.4. The predicted molar refractivity (Wildman–Crippen MR) is 257 cm³/mol. The van der Waals surface area contributed by atoms with E-state index in [0.29, 0.717) is 13.1 Å². The number of methoxy groups -OCH3 is 4. The second-order valence-electron chi connectivity index (χ2n) is 18.6. The summed E-state index contributed by atoms with van der Waals surface area (Å²) in [5.74, 6) is -1.95. The molecule has 0 aromatic rings. The molecule has 2 aliphatic rings. The lowest BCUT2D eigenvalue weighted by Crippen LogP contribution is -2.64. The van der Waals surface area contributed by atoms with E-state index in [1.165, 1.54) is 118 Å². The Morgan fingerprint density at radius 3 is 1.54 bits per heavy atom. The van der Waals surface area contributed by atoms with Crippen molar-refractivity contribution >= 4 is 23.6 Å². The number of aliphatic hydroxyl groups excluding tert-OH is 2. The van der Waals surface area contributed by atoms with Gasteiger partial charge in [0.15, 0.2) is 12.6 Å². The Balaban J connectivity index is 1.91. The summed E-state index contributed by atoms with van der Waals surface area (Å²) in [6.07, 6.45) is 14.9. The van der Waals surface area contributed by atoms with Gasteiger partial charge in [0.2, 0.25) is 23.6 Å². The molecule has 11 atom stereocenters. The number of ether oxygens (including phenoxy) is 7. The SMILES string of the molecule is CCCCCCCCCCCCNC(=O)CC[C@H](NC(=O)CCC(=O)NCC1O[C@@H](O[C@H]2C(COC)O[C@@H](OC)C(OC)[C@H]2O)C(OC)[C@@H](O)[C@H]1C)C(=O)NCCCCCCCCCCCC. The van der Waals surface area contributed by atoms with Crippen LogP contribution in [0.2, 0.25) is 0 Å².